The molecule has 3 rings (SSSR count). The quantitative estimate of drug-likeness (QED) is 0.631. The van der Waals surface area contributed by atoms with E-state index >= 15 is 0 Å². The zero-order valence-electron chi connectivity index (χ0n) is 14.4. The summed E-state index contributed by atoms with van der Waals surface area (Å²) >= 11 is 0. The van der Waals surface area contributed by atoms with Crippen LogP contribution in [0.25, 0.3) is 11.3 Å². The van der Waals surface area contributed by atoms with E-state index in [2.05, 4.69) is 15.3 Å². The van der Waals surface area contributed by atoms with Gasteiger partial charge in [0, 0.05) is 17.3 Å². The molecule has 1 aliphatic heterocycles. The maximum absolute atomic E-state index is 12.7. The topological polar surface area (TPSA) is 81.2 Å². The van der Waals surface area contributed by atoms with Crippen molar-refractivity contribution < 1.29 is 14.3 Å². The molecule has 0 saturated heterocycles. The first-order chi connectivity index (χ1) is 12.8. The number of ether oxygens (including phenoxy) is 1. The second kappa shape index (κ2) is 8.89. The number of nitrogens with zero attached hydrogens (tertiary/aromatic N) is 2. The summed E-state index contributed by atoms with van der Waals surface area (Å²) < 4.78 is 5.63. The number of carbonyl (C=O) groups excluding carboxylic acids is 2. The van der Waals surface area contributed by atoms with Crippen LogP contribution in [0.2, 0.25) is 0 Å². The van der Waals surface area contributed by atoms with Gasteiger partial charge in [0.25, 0.3) is 5.91 Å². The number of amides is 1. The predicted molar refractivity (Wildman–Crippen MR) is 97.9 cm³/mol. The van der Waals surface area contributed by atoms with Gasteiger partial charge in [-0.3, -0.25) is 4.79 Å². The molecule has 2 heterocycles. The number of aldehydes is 1. The Kier molecular flexibility index (Phi) is 6.09. The van der Waals surface area contributed by atoms with Crippen LogP contribution in [-0.2, 0) is 4.79 Å². The molecule has 1 aromatic heterocycles. The van der Waals surface area contributed by atoms with Gasteiger partial charge in [-0.05, 0) is 37.8 Å². The lowest BCUT2D eigenvalue weighted by atomic mass is 10.0. The van der Waals surface area contributed by atoms with Crippen molar-refractivity contribution in [3.05, 3.63) is 54.2 Å². The van der Waals surface area contributed by atoms with Gasteiger partial charge in [0.15, 0.2) is 0 Å². The molecule has 0 spiro atoms. The van der Waals surface area contributed by atoms with Crippen molar-refractivity contribution >= 4 is 12.2 Å². The molecule has 26 heavy (non-hydrogen) atoms. The minimum Gasteiger partial charge on any atom is -0.463 e. The first kappa shape index (κ1) is 17.8. The molecule has 0 unspecified atom stereocenters. The van der Waals surface area contributed by atoms with Crippen LogP contribution in [0.4, 0.5) is 0 Å². The summed E-state index contributed by atoms with van der Waals surface area (Å²) in [7, 11) is 0. The van der Waals surface area contributed by atoms with Crippen LogP contribution in [0, 0.1) is 0 Å². The fourth-order valence-corrected chi connectivity index (χ4v) is 2.75. The van der Waals surface area contributed by atoms with Crippen molar-refractivity contribution in [2.75, 3.05) is 6.61 Å². The van der Waals surface area contributed by atoms with Gasteiger partial charge in [0.1, 0.15) is 6.29 Å². The van der Waals surface area contributed by atoms with E-state index in [1.807, 2.05) is 24.3 Å². The highest BCUT2D eigenvalue weighted by molar-refractivity contribution is 6.01. The molecular weight excluding hydrogens is 330 g/mol. The monoisotopic (exact) mass is 351 g/mol. The summed E-state index contributed by atoms with van der Waals surface area (Å²) in [5, 5.41) is 2.78. The van der Waals surface area contributed by atoms with Gasteiger partial charge in [0.05, 0.1) is 18.3 Å². The van der Waals surface area contributed by atoms with Gasteiger partial charge < -0.3 is 14.8 Å². The van der Waals surface area contributed by atoms with E-state index in [0.29, 0.717) is 35.9 Å². The van der Waals surface area contributed by atoms with E-state index in [4.69, 9.17) is 4.74 Å². The number of hydrogen-bond acceptors (Lipinski definition) is 5. The van der Waals surface area contributed by atoms with Gasteiger partial charge in [-0.1, -0.05) is 30.4 Å². The summed E-state index contributed by atoms with van der Waals surface area (Å²) in [6, 6.07) is 8.64. The Labute approximate surface area is 152 Å². The molecule has 0 radical (unpaired) electrons. The highest BCUT2D eigenvalue weighted by atomic mass is 16.5. The average molecular weight is 351 g/mol. The van der Waals surface area contributed by atoms with E-state index in [0.717, 1.165) is 25.5 Å². The zero-order valence-corrected chi connectivity index (χ0v) is 14.4. The van der Waals surface area contributed by atoms with Gasteiger partial charge in [-0.15, -0.1) is 0 Å². The highest BCUT2D eigenvalue weighted by Crippen LogP contribution is 2.23. The Morgan fingerprint density at radius 1 is 1.12 bits per heavy atom. The second-order valence-electron chi connectivity index (χ2n) is 6.04. The SMILES string of the molecule is O=C[C@@H]1C/C=C\CCCCOc2nccc(n2)-c2ccccc2C(=O)N1. The molecule has 0 saturated carbocycles. The molecule has 1 N–H and O–H groups in total. The number of hydrogen-bond donors (Lipinski definition) is 1. The minimum atomic E-state index is -0.552. The summed E-state index contributed by atoms with van der Waals surface area (Å²) in [4.78, 5) is 32.6. The van der Waals surface area contributed by atoms with Crippen molar-refractivity contribution in [2.45, 2.75) is 31.7 Å². The molecule has 134 valence electrons. The smallest absolute Gasteiger partial charge is 0.316 e. The Bertz CT molecular complexity index is 804. The van der Waals surface area contributed by atoms with Gasteiger partial charge in [-0.25, -0.2) is 4.98 Å². The maximum atomic E-state index is 12.7. The van der Waals surface area contributed by atoms with Crippen LogP contribution < -0.4 is 10.1 Å². The zero-order chi connectivity index (χ0) is 18.2. The lowest BCUT2D eigenvalue weighted by molar-refractivity contribution is -0.109. The van der Waals surface area contributed by atoms with Crippen molar-refractivity contribution in [1.29, 1.82) is 0 Å². The molecule has 2 bridgehead atoms. The number of aromatic nitrogens is 2. The lowest BCUT2D eigenvalue weighted by Crippen LogP contribution is -2.35. The fourth-order valence-electron chi connectivity index (χ4n) is 2.75. The molecule has 6 heteroatoms. The second-order valence-corrected chi connectivity index (χ2v) is 6.04. The third-order valence-electron chi connectivity index (χ3n) is 4.11. The summed E-state index contributed by atoms with van der Waals surface area (Å²) in [5.41, 5.74) is 1.74. The Balaban J connectivity index is 1.96. The van der Waals surface area contributed by atoms with Crippen LogP contribution in [0.3, 0.4) is 0 Å². The van der Waals surface area contributed by atoms with Crippen LogP contribution >= 0.6 is 0 Å². The van der Waals surface area contributed by atoms with Crippen molar-refractivity contribution in [3.8, 4) is 17.3 Å². The standard InChI is InChI=1S/C20H21N3O3/c24-14-15-8-4-2-1-3-7-13-26-20-21-12-11-18(23-20)16-9-5-6-10-17(16)19(25)22-15/h2,4-6,9-12,14-15H,1,3,7-8,13H2,(H,22,25)/b4-2-/t15-/m0/s1. The van der Waals surface area contributed by atoms with E-state index in [-0.39, 0.29) is 5.91 Å². The molecule has 1 aromatic carbocycles. The Morgan fingerprint density at radius 2 is 1.96 bits per heavy atom. The molecule has 6 nitrogen and oxygen atoms in total. The van der Waals surface area contributed by atoms with Gasteiger partial charge >= 0.3 is 6.01 Å². The van der Waals surface area contributed by atoms with Crippen molar-refractivity contribution in [3.63, 3.8) is 0 Å². The first-order valence-corrected chi connectivity index (χ1v) is 8.74. The largest absolute Gasteiger partial charge is 0.463 e. The molecule has 0 fully saturated rings. The van der Waals surface area contributed by atoms with Crippen molar-refractivity contribution in [2.24, 2.45) is 0 Å². The lowest BCUT2D eigenvalue weighted by Gasteiger charge is -2.14. The van der Waals surface area contributed by atoms with E-state index < -0.39 is 6.04 Å². The first-order valence-electron chi connectivity index (χ1n) is 8.74. The number of carbonyl (C=O) groups is 2. The summed E-state index contributed by atoms with van der Waals surface area (Å²) in [5.74, 6) is -0.306. The van der Waals surface area contributed by atoms with Gasteiger partial charge in [0.2, 0.25) is 0 Å². The number of nitrogens with one attached hydrogen (secondary N) is 1. The number of fused-ring (bicyclic) bond motifs is 4. The van der Waals surface area contributed by atoms with Crippen LogP contribution in [0.1, 0.15) is 36.0 Å². The minimum absolute atomic E-state index is 0.297. The molecule has 2 aromatic rings. The number of rotatable bonds is 1. The molecule has 1 amide bonds. The summed E-state index contributed by atoms with van der Waals surface area (Å²) in [6.45, 7) is 0.538. The highest BCUT2D eigenvalue weighted by Gasteiger charge is 2.17. The van der Waals surface area contributed by atoms with E-state index in [1.165, 1.54) is 0 Å². The Hall–Kier alpha value is -3.02. The van der Waals surface area contributed by atoms with E-state index in [1.54, 1.807) is 24.4 Å². The van der Waals surface area contributed by atoms with Crippen LogP contribution in [-0.4, -0.2) is 34.8 Å². The van der Waals surface area contributed by atoms with Crippen LogP contribution in [0.15, 0.2) is 48.7 Å². The average Bonchev–Trinajstić information content (AvgIpc) is 2.68. The fraction of sp³-hybridized carbons (Fsp3) is 0.300. The maximum Gasteiger partial charge on any atom is 0.316 e. The third kappa shape index (κ3) is 4.53. The summed E-state index contributed by atoms with van der Waals surface area (Å²) in [6.07, 6.45) is 9.58. The Morgan fingerprint density at radius 3 is 2.81 bits per heavy atom. The third-order valence-corrected chi connectivity index (χ3v) is 4.11. The molecular formula is C20H21N3O3. The van der Waals surface area contributed by atoms with E-state index in [9.17, 15) is 9.59 Å². The number of benzene rings is 1. The molecule has 1 atom stereocenters. The molecule has 1 aliphatic rings. The van der Waals surface area contributed by atoms with Gasteiger partial charge in [-0.2, -0.15) is 4.98 Å². The number of allylic oxidation sites excluding steroid dienone is 1. The van der Waals surface area contributed by atoms with Crippen LogP contribution in [0.5, 0.6) is 6.01 Å². The molecule has 0 aliphatic carbocycles. The predicted octanol–water partition coefficient (Wildman–Crippen LogP) is 2.95. The van der Waals surface area contributed by atoms with Crippen molar-refractivity contribution in [1.82, 2.24) is 15.3 Å². The normalized spacial score (nSPS) is 19.5.